The van der Waals surface area contributed by atoms with E-state index in [1.165, 1.54) is 0 Å². The number of hydrogen-bond acceptors (Lipinski definition) is 2. The van der Waals surface area contributed by atoms with E-state index in [9.17, 15) is 0 Å². The Bertz CT molecular complexity index is 140. The van der Waals surface area contributed by atoms with E-state index in [0.29, 0.717) is 0 Å². The predicted octanol–water partition coefficient (Wildman–Crippen LogP) is 0.902. The van der Waals surface area contributed by atoms with Gasteiger partial charge < -0.3 is 10.6 Å². The zero-order valence-electron chi connectivity index (χ0n) is 5.21. The van der Waals surface area contributed by atoms with Gasteiger partial charge in [0.25, 0.3) is 0 Å². The van der Waals surface area contributed by atoms with Gasteiger partial charge in [0.1, 0.15) is 0 Å². The second kappa shape index (κ2) is 1.54. The minimum Gasteiger partial charge on any atom is -0.345 e. The van der Waals surface area contributed by atoms with Crippen LogP contribution < -0.4 is 10.6 Å². The van der Waals surface area contributed by atoms with Crippen molar-refractivity contribution in [3.63, 3.8) is 0 Å². The summed E-state index contributed by atoms with van der Waals surface area (Å²) in [5.41, 5.74) is 2.32. The van der Waals surface area contributed by atoms with Crippen molar-refractivity contribution in [2.24, 2.45) is 0 Å². The van der Waals surface area contributed by atoms with Crippen molar-refractivity contribution in [3.8, 4) is 0 Å². The van der Waals surface area contributed by atoms with Gasteiger partial charge in [-0.15, -0.1) is 0 Å². The molecule has 0 spiro atoms. The van der Waals surface area contributed by atoms with Gasteiger partial charge in [0.05, 0.1) is 5.82 Å². The van der Waals surface area contributed by atoms with Crippen LogP contribution in [-0.4, -0.2) is 0 Å². The molecule has 0 bridgehead atoms. The van der Waals surface area contributed by atoms with Crippen molar-refractivity contribution in [1.29, 1.82) is 0 Å². The molecule has 1 heterocycles. The van der Waals surface area contributed by atoms with E-state index in [0.717, 1.165) is 17.2 Å². The zero-order chi connectivity index (χ0) is 6.15. The SMILES string of the molecule is C=C1NC(C)=C(C)N1. The Morgan fingerprint density at radius 2 is 1.50 bits per heavy atom. The molecule has 0 amide bonds. The molecular formula is C6H10N2. The third-order valence-corrected chi connectivity index (χ3v) is 1.24. The molecule has 0 aromatic rings. The van der Waals surface area contributed by atoms with Gasteiger partial charge in [0.2, 0.25) is 0 Å². The standard InChI is InChI=1S/C6H10N2/c1-4-5(2)8-6(3)7-4/h7-8H,3H2,1-2H3. The van der Waals surface area contributed by atoms with E-state index in [4.69, 9.17) is 0 Å². The Hall–Kier alpha value is -0.920. The summed E-state index contributed by atoms with van der Waals surface area (Å²) in [5.74, 6) is 0.875. The highest BCUT2D eigenvalue weighted by Gasteiger charge is 2.05. The molecule has 0 unspecified atom stereocenters. The lowest BCUT2D eigenvalue weighted by Gasteiger charge is -1.94. The van der Waals surface area contributed by atoms with Crippen LogP contribution in [0, 0.1) is 0 Å². The molecule has 0 aromatic heterocycles. The Labute approximate surface area is 49.3 Å². The highest BCUT2D eigenvalue weighted by molar-refractivity contribution is 5.21. The lowest BCUT2D eigenvalue weighted by Crippen LogP contribution is -2.09. The minimum atomic E-state index is 0.875. The summed E-state index contributed by atoms with van der Waals surface area (Å²) in [6.45, 7) is 7.72. The summed E-state index contributed by atoms with van der Waals surface area (Å²) in [7, 11) is 0. The summed E-state index contributed by atoms with van der Waals surface area (Å²) in [6, 6.07) is 0. The Balaban J connectivity index is 2.73. The van der Waals surface area contributed by atoms with Gasteiger partial charge in [0.15, 0.2) is 0 Å². The topological polar surface area (TPSA) is 24.1 Å². The highest BCUT2D eigenvalue weighted by Crippen LogP contribution is 2.05. The monoisotopic (exact) mass is 110 g/mol. The first-order valence-corrected chi connectivity index (χ1v) is 2.60. The van der Waals surface area contributed by atoms with Crippen LogP contribution in [0.4, 0.5) is 0 Å². The molecule has 0 fully saturated rings. The van der Waals surface area contributed by atoms with Crippen LogP contribution in [0.2, 0.25) is 0 Å². The Morgan fingerprint density at radius 1 is 1.12 bits per heavy atom. The molecule has 2 N–H and O–H groups in total. The minimum absolute atomic E-state index is 0.875. The van der Waals surface area contributed by atoms with Crippen LogP contribution in [0.3, 0.4) is 0 Å². The smallest absolute Gasteiger partial charge is 0.0997 e. The third-order valence-electron chi connectivity index (χ3n) is 1.24. The zero-order valence-corrected chi connectivity index (χ0v) is 5.21. The first-order valence-electron chi connectivity index (χ1n) is 2.60. The molecule has 8 heavy (non-hydrogen) atoms. The van der Waals surface area contributed by atoms with Gasteiger partial charge in [-0.25, -0.2) is 0 Å². The van der Waals surface area contributed by atoms with E-state index < -0.39 is 0 Å². The maximum atomic E-state index is 3.69. The van der Waals surface area contributed by atoms with E-state index in [-0.39, 0.29) is 0 Å². The quantitative estimate of drug-likeness (QED) is 0.484. The molecule has 2 heteroatoms. The second-order valence-corrected chi connectivity index (χ2v) is 1.98. The Morgan fingerprint density at radius 3 is 1.62 bits per heavy atom. The first kappa shape index (κ1) is 5.22. The van der Waals surface area contributed by atoms with Crippen molar-refractivity contribution < 1.29 is 0 Å². The normalized spacial score (nSPS) is 18.5. The maximum absolute atomic E-state index is 3.69. The molecule has 0 aromatic carbocycles. The molecule has 0 atom stereocenters. The molecule has 1 rings (SSSR count). The van der Waals surface area contributed by atoms with Gasteiger partial charge in [-0.2, -0.15) is 0 Å². The van der Waals surface area contributed by atoms with E-state index in [2.05, 4.69) is 17.2 Å². The molecular weight excluding hydrogens is 100 g/mol. The average Bonchev–Trinajstić information content (AvgIpc) is 1.85. The molecule has 0 radical (unpaired) electrons. The van der Waals surface area contributed by atoms with Crippen LogP contribution in [0.15, 0.2) is 23.8 Å². The van der Waals surface area contributed by atoms with Gasteiger partial charge in [0, 0.05) is 11.4 Å². The number of nitrogens with one attached hydrogen (secondary N) is 2. The van der Waals surface area contributed by atoms with Crippen LogP contribution in [0.25, 0.3) is 0 Å². The van der Waals surface area contributed by atoms with Crippen LogP contribution in [-0.2, 0) is 0 Å². The van der Waals surface area contributed by atoms with E-state index >= 15 is 0 Å². The molecule has 1 aliphatic heterocycles. The fraction of sp³-hybridized carbons (Fsp3) is 0.333. The van der Waals surface area contributed by atoms with Gasteiger partial charge in [-0.1, -0.05) is 6.58 Å². The van der Waals surface area contributed by atoms with Crippen molar-refractivity contribution in [2.45, 2.75) is 13.8 Å². The lowest BCUT2D eigenvalue weighted by molar-refractivity contribution is 0.950. The largest absolute Gasteiger partial charge is 0.345 e. The molecule has 0 aliphatic carbocycles. The molecule has 1 aliphatic rings. The van der Waals surface area contributed by atoms with Crippen molar-refractivity contribution >= 4 is 0 Å². The van der Waals surface area contributed by atoms with E-state index in [1.807, 2.05) is 13.8 Å². The van der Waals surface area contributed by atoms with Crippen LogP contribution in [0.1, 0.15) is 13.8 Å². The van der Waals surface area contributed by atoms with Crippen LogP contribution >= 0.6 is 0 Å². The van der Waals surface area contributed by atoms with Gasteiger partial charge >= 0.3 is 0 Å². The molecule has 44 valence electrons. The van der Waals surface area contributed by atoms with Gasteiger partial charge in [-0.3, -0.25) is 0 Å². The Kier molecular flexibility index (Phi) is 1.01. The fourth-order valence-electron chi connectivity index (χ4n) is 0.671. The van der Waals surface area contributed by atoms with Gasteiger partial charge in [-0.05, 0) is 13.8 Å². The summed E-state index contributed by atoms with van der Waals surface area (Å²) in [6.07, 6.45) is 0. The van der Waals surface area contributed by atoms with Crippen molar-refractivity contribution in [1.82, 2.24) is 10.6 Å². The maximum Gasteiger partial charge on any atom is 0.0997 e. The number of allylic oxidation sites excluding steroid dienone is 2. The lowest BCUT2D eigenvalue weighted by atomic mass is 10.4. The summed E-state index contributed by atoms with van der Waals surface area (Å²) in [5, 5.41) is 6.08. The van der Waals surface area contributed by atoms with Crippen molar-refractivity contribution in [3.05, 3.63) is 23.8 Å². The van der Waals surface area contributed by atoms with Crippen molar-refractivity contribution in [2.75, 3.05) is 0 Å². The van der Waals surface area contributed by atoms with Crippen LogP contribution in [0.5, 0.6) is 0 Å². The predicted molar refractivity (Wildman–Crippen MR) is 33.8 cm³/mol. The summed E-state index contributed by atoms with van der Waals surface area (Å²) in [4.78, 5) is 0. The highest BCUT2D eigenvalue weighted by atomic mass is 15.2. The molecule has 0 saturated heterocycles. The number of rotatable bonds is 0. The third kappa shape index (κ3) is 0.689. The number of hydrogen-bond donors (Lipinski definition) is 2. The average molecular weight is 110 g/mol. The molecule has 0 saturated carbocycles. The first-order chi connectivity index (χ1) is 3.70. The molecule has 2 nitrogen and oxygen atoms in total. The summed E-state index contributed by atoms with van der Waals surface area (Å²) >= 11 is 0. The second-order valence-electron chi connectivity index (χ2n) is 1.98. The van der Waals surface area contributed by atoms with E-state index in [1.54, 1.807) is 0 Å². The fourth-order valence-corrected chi connectivity index (χ4v) is 0.671. The summed E-state index contributed by atoms with van der Waals surface area (Å²) < 4.78 is 0.